The van der Waals surface area contributed by atoms with Crippen LogP contribution in [0, 0.1) is 0 Å². The Morgan fingerprint density at radius 2 is 2.44 bits per heavy atom. The molecule has 0 aromatic heterocycles. The molecule has 54 valence electrons. The molecular formula is C6H14N2O. The van der Waals surface area contributed by atoms with Gasteiger partial charge in [-0.3, -0.25) is 4.99 Å². The van der Waals surface area contributed by atoms with Crippen LogP contribution in [0.5, 0.6) is 0 Å². The van der Waals surface area contributed by atoms with Gasteiger partial charge in [-0.1, -0.05) is 13.3 Å². The number of unbranched alkanes of at least 4 members (excludes halogenated alkanes) is 1. The summed E-state index contributed by atoms with van der Waals surface area (Å²) < 4.78 is 0. The lowest BCUT2D eigenvalue weighted by Gasteiger charge is -1.98. The Morgan fingerprint density at radius 1 is 1.67 bits per heavy atom. The van der Waals surface area contributed by atoms with Crippen LogP contribution in [0.1, 0.15) is 19.8 Å². The minimum absolute atomic E-state index is 0.891. The second-order valence-corrected chi connectivity index (χ2v) is 1.73. The van der Waals surface area contributed by atoms with Crippen LogP contribution in [0.3, 0.4) is 0 Å². The van der Waals surface area contributed by atoms with Crippen LogP contribution in [-0.2, 0) is 4.84 Å². The molecule has 3 heteroatoms. The number of hydrogen-bond donors (Lipinski definition) is 1. The van der Waals surface area contributed by atoms with Gasteiger partial charge >= 0.3 is 0 Å². The first-order chi connectivity index (χ1) is 4.41. The van der Waals surface area contributed by atoms with Crippen LogP contribution >= 0.6 is 0 Å². The van der Waals surface area contributed by atoms with Gasteiger partial charge in [-0.2, -0.15) is 5.48 Å². The largest absolute Gasteiger partial charge is 0.397 e. The van der Waals surface area contributed by atoms with Crippen molar-refractivity contribution in [2.75, 3.05) is 13.6 Å². The maximum absolute atomic E-state index is 4.74. The normalized spacial score (nSPS) is 10.4. The molecule has 3 nitrogen and oxygen atoms in total. The molecular weight excluding hydrogens is 116 g/mol. The van der Waals surface area contributed by atoms with E-state index in [1.807, 2.05) is 0 Å². The van der Waals surface area contributed by atoms with Crippen LogP contribution in [0.25, 0.3) is 0 Å². The zero-order valence-corrected chi connectivity index (χ0v) is 6.05. The molecule has 0 fully saturated rings. The fraction of sp³-hybridized carbons (Fsp3) is 0.833. The predicted octanol–water partition coefficient (Wildman–Crippen LogP) is 0.966. The minimum atomic E-state index is 0.891. The zero-order chi connectivity index (χ0) is 6.95. The Kier molecular flexibility index (Phi) is 6.96. The maximum Gasteiger partial charge on any atom is 0.196 e. The third kappa shape index (κ3) is 7.43. The van der Waals surface area contributed by atoms with Crippen LogP contribution in [-0.4, -0.2) is 20.0 Å². The van der Waals surface area contributed by atoms with E-state index in [1.165, 1.54) is 12.8 Å². The second kappa shape index (κ2) is 7.43. The summed E-state index contributed by atoms with van der Waals surface area (Å²) in [6, 6.07) is 0. The van der Waals surface area contributed by atoms with E-state index in [1.54, 1.807) is 7.05 Å². The van der Waals surface area contributed by atoms with Crippen LogP contribution in [0.15, 0.2) is 4.99 Å². The maximum atomic E-state index is 4.74. The van der Waals surface area contributed by atoms with Crippen molar-refractivity contribution in [3.8, 4) is 0 Å². The van der Waals surface area contributed by atoms with Crippen molar-refractivity contribution in [3.05, 3.63) is 0 Å². The molecule has 0 spiro atoms. The Morgan fingerprint density at radius 3 is 3.00 bits per heavy atom. The van der Waals surface area contributed by atoms with Crippen molar-refractivity contribution in [2.24, 2.45) is 4.99 Å². The lowest BCUT2D eigenvalue weighted by atomic mass is 10.3. The quantitative estimate of drug-likeness (QED) is 0.260. The minimum Gasteiger partial charge on any atom is -0.397 e. The molecule has 0 aliphatic heterocycles. The molecule has 0 unspecified atom stereocenters. The van der Waals surface area contributed by atoms with Gasteiger partial charge in [-0.25, -0.2) is 0 Å². The van der Waals surface area contributed by atoms with Gasteiger partial charge in [0.2, 0.25) is 0 Å². The molecule has 0 heterocycles. The standard InChI is InChI=1S/C6H14N2O/c1-3-4-5-8-9-6-7-2/h6,8H,3-5H2,1-2H3/b7-6+. The monoisotopic (exact) mass is 130 g/mol. The van der Waals surface area contributed by atoms with Gasteiger partial charge in [0, 0.05) is 13.6 Å². The van der Waals surface area contributed by atoms with E-state index < -0.39 is 0 Å². The highest BCUT2D eigenvalue weighted by Crippen LogP contribution is 1.80. The van der Waals surface area contributed by atoms with E-state index in [0.29, 0.717) is 0 Å². The SMILES string of the molecule is CCCCNO/C=N/C. The van der Waals surface area contributed by atoms with Gasteiger partial charge in [0.15, 0.2) is 6.40 Å². The lowest BCUT2D eigenvalue weighted by molar-refractivity contribution is 0.191. The van der Waals surface area contributed by atoms with E-state index in [9.17, 15) is 0 Å². The van der Waals surface area contributed by atoms with Crippen LogP contribution < -0.4 is 5.48 Å². The van der Waals surface area contributed by atoms with Gasteiger partial charge in [0.05, 0.1) is 0 Å². The summed E-state index contributed by atoms with van der Waals surface area (Å²) in [5.74, 6) is 0. The molecule has 0 saturated heterocycles. The third-order valence-electron chi connectivity index (χ3n) is 0.874. The Labute approximate surface area is 56.1 Å². The molecule has 0 aromatic rings. The molecule has 0 amide bonds. The number of nitrogens with zero attached hydrogens (tertiary/aromatic N) is 1. The molecule has 0 atom stereocenters. The van der Waals surface area contributed by atoms with Crippen molar-refractivity contribution in [2.45, 2.75) is 19.8 Å². The topological polar surface area (TPSA) is 33.6 Å². The van der Waals surface area contributed by atoms with Gasteiger partial charge in [-0.05, 0) is 6.42 Å². The number of aliphatic imine (C=N–C) groups is 1. The molecule has 0 aromatic carbocycles. The number of hydroxylamine groups is 1. The zero-order valence-electron chi connectivity index (χ0n) is 6.05. The lowest BCUT2D eigenvalue weighted by Crippen LogP contribution is -2.14. The van der Waals surface area contributed by atoms with E-state index in [2.05, 4.69) is 17.4 Å². The third-order valence-corrected chi connectivity index (χ3v) is 0.874. The van der Waals surface area contributed by atoms with Crippen LogP contribution in [0.2, 0.25) is 0 Å². The highest BCUT2D eigenvalue weighted by molar-refractivity contribution is 5.45. The Hall–Kier alpha value is -0.570. The Bertz CT molecular complexity index is 73.5. The summed E-state index contributed by atoms with van der Waals surface area (Å²) in [4.78, 5) is 8.37. The first kappa shape index (κ1) is 8.43. The summed E-state index contributed by atoms with van der Waals surface area (Å²) in [6.45, 7) is 3.03. The first-order valence-corrected chi connectivity index (χ1v) is 3.21. The molecule has 0 saturated carbocycles. The highest BCUT2D eigenvalue weighted by Gasteiger charge is 1.79. The number of rotatable bonds is 5. The molecule has 1 N–H and O–H groups in total. The van der Waals surface area contributed by atoms with Crippen molar-refractivity contribution >= 4 is 6.40 Å². The molecule has 0 rings (SSSR count). The summed E-state index contributed by atoms with van der Waals surface area (Å²) in [5.41, 5.74) is 2.74. The molecule has 9 heavy (non-hydrogen) atoms. The fourth-order valence-electron chi connectivity index (χ4n) is 0.398. The van der Waals surface area contributed by atoms with Crippen molar-refractivity contribution in [3.63, 3.8) is 0 Å². The molecule has 0 aliphatic carbocycles. The van der Waals surface area contributed by atoms with E-state index in [-0.39, 0.29) is 0 Å². The predicted molar refractivity (Wildman–Crippen MR) is 38.4 cm³/mol. The highest BCUT2D eigenvalue weighted by atomic mass is 16.6. The molecule has 0 radical (unpaired) electrons. The van der Waals surface area contributed by atoms with E-state index in [0.717, 1.165) is 13.0 Å². The summed E-state index contributed by atoms with van der Waals surface area (Å²) in [5, 5.41) is 0. The van der Waals surface area contributed by atoms with Gasteiger partial charge in [0.1, 0.15) is 0 Å². The van der Waals surface area contributed by atoms with Crippen molar-refractivity contribution < 1.29 is 4.84 Å². The van der Waals surface area contributed by atoms with Crippen molar-refractivity contribution in [1.82, 2.24) is 5.48 Å². The average Bonchev–Trinajstić information content (AvgIpc) is 1.89. The number of hydrogen-bond acceptors (Lipinski definition) is 3. The average molecular weight is 130 g/mol. The van der Waals surface area contributed by atoms with Gasteiger partial charge < -0.3 is 4.84 Å². The first-order valence-electron chi connectivity index (χ1n) is 3.21. The Balaban J connectivity index is 2.75. The summed E-state index contributed by atoms with van der Waals surface area (Å²) in [6.07, 6.45) is 3.70. The van der Waals surface area contributed by atoms with Crippen molar-refractivity contribution in [1.29, 1.82) is 0 Å². The van der Waals surface area contributed by atoms with Gasteiger partial charge in [0.25, 0.3) is 0 Å². The van der Waals surface area contributed by atoms with E-state index in [4.69, 9.17) is 4.84 Å². The van der Waals surface area contributed by atoms with Crippen LogP contribution in [0.4, 0.5) is 0 Å². The fourth-order valence-corrected chi connectivity index (χ4v) is 0.398. The van der Waals surface area contributed by atoms with E-state index >= 15 is 0 Å². The molecule has 0 bridgehead atoms. The molecule has 0 aliphatic rings. The smallest absolute Gasteiger partial charge is 0.196 e. The second-order valence-electron chi connectivity index (χ2n) is 1.73. The number of nitrogens with one attached hydrogen (secondary N) is 1. The summed E-state index contributed by atoms with van der Waals surface area (Å²) >= 11 is 0. The van der Waals surface area contributed by atoms with Gasteiger partial charge in [-0.15, -0.1) is 0 Å². The summed E-state index contributed by atoms with van der Waals surface area (Å²) in [7, 11) is 1.67.